The zero-order valence-electron chi connectivity index (χ0n) is 10.8. The van der Waals surface area contributed by atoms with E-state index >= 15 is 0 Å². The van der Waals surface area contributed by atoms with Crippen molar-refractivity contribution in [2.45, 2.75) is 6.61 Å². The van der Waals surface area contributed by atoms with E-state index in [0.29, 0.717) is 38.0 Å². The molecule has 3 N–H and O–H groups in total. The van der Waals surface area contributed by atoms with Crippen molar-refractivity contribution < 1.29 is 14.6 Å². The van der Waals surface area contributed by atoms with Crippen LogP contribution in [0.25, 0.3) is 0 Å². The number of hydrogen-bond acceptors (Lipinski definition) is 7. The van der Waals surface area contributed by atoms with Crippen LogP contribution in [0, 0.1) is 0 Å². The third-order valence-electron chi connectivity index (χ3n) is 2.25. The molecule has 1 heterocycles. The van der Waals surface area contributed by atoms with Gasteiger partial charge >= 0.3 is 0 Å². The van der Waals surface area contributed by atoms with Crippen molar-refractivity contribution in [2.75, 3.05) is 51.2 Å². The molecule has 0 unspecified atom stereocenters. The van der Waals surface area contributed by atoms with Crippen LogP contribution in [0.4, 0.5) is 11.6 Å². The Morgan fingerprint density at radius 3 is 2.83 bits per heavy atom. The standard InChI is InChI=1S/C11H20N4O3/c1-15(3-5-18-6-4-16)11-7-9(12)13-10(14-11)8-17-2/h7,16H,3-6,8H2,1-2H3,(H2,12,13,14). The molecule has 102 valence electrons. The normalized spacial score (nSPS) is 10.6. The maximum absolute atomic E-state index is 8.59. The van der Waals surface area contributed by atoms with Crippen LogP contribution in [0.2, 0.25) is 0 Å². The van der Waals surface area contributed by atoms with Crippen LogP contribution < -0.4 is 10.6 Å². The molecule has 0 atom stereocenters. The fraction of sp³-hybridized carbons (Fsp3) is 0.636. The summed E-state index contributed by atoms with van der Waals surface area (Å²) in [5, 5.41) is 8.59. The van der Waals surface area contributed by atoms with Gasteiger partial charge in [0, 0.05) is 26.8 Å². The van der Waals surface area contributed by atoms with E-state index in [-0.39, 0.29) is 6.61 Å². The SMILES string of the molecule is COCc1nc(N)cc(N(C)CCOCCO)n1. The van der Waals surface area contributed by atoms with Crippen LogP contribution in [0.5, 0.6) is 0 Å². The number of aromatic nitrogens is 2. The Hall–Kier alpha value is -1.44. The molecule has 0 bridgehead atoms. The predicted molar refractivity (Wildman–Crippen MR) is 68.3 cm³/mol. The Labute approximate surface area is 107 Å². The van der Waals surface area contributed by atoms with Crippen LogP contribution in [-0.4, -0.2) is 55.6 Å². The predicted octanol–water partition coefficient (Wildman–Crippen LogP) is -0.350. The van der Waals surface area contributed by atoms with Crippen molar-refractivity contribution in [2.24, 2.45) is 0 Å². The van der Waals surface area contributed by atoms with Crippen molar-refractivity contribution in [3.05, 3.63) is 11.9 Å². The van der Waals surface area contributed by atoms with E-state index in [0.717, 1.165) is 5.82 Å². The summed E-state index contributed by atoms with van der Waals surface area (Å²) in [6.45, 7) is 1.87. The van der Waals surface area contributed by atoms with Crippen LogP contribution in [0.15, 0.2) is 6.07 Å². The van der Waals surface area contributed by atoms with Crippen LogP contribution >= 0.6 is 0 Å². The fourth-order valence-corrected chi connectivity index (χ4v) is 1.37. The highest BCUT2D eigenvalue weighted by Gasteiger charge is 2.07. The number of methoxy groups -OCH3 is 1. The summed E-state index contributed by atoms with van der Waals surface area (Å²) >= 11 is 0. The van der Waals surface area contributed by atoms with E-state index in [1.54, 1.807) is 13.2 Å². The molecule has 0 spiro atoms. The molecular weight excluding hydrogens is 236 g/mol. The van der Waals surface area contributed by atoms with Crippen molar-refractivity contribution in [3.8, 4) is 0 Å². The van der Waals surface area contributed by atoms with Crippen molar-refractivity contribution in [1.82, 2.24) is 9.97 Å². The highest BCUT2D eigenvalue weighted by Crippen LogP contribution is 2.12. The molecule has 0 saturated carbocycles. The Kier molecular flexibility index (Phi) is 6.34. The molecule has 0 radical (unpaired) electrons. The molecule has 0 aliphatic rings. The Balaban J connectivity index is 2.58. The van der Waals surface area contributed by atoms with E-state index in [4.69, 9.17) is 20.3 Å². The molecular formula is C11H20N4O3. The van der Waals surface area contributed by atoms with Gasteiger partial charge in [-0.25, -0.2) is 9.97 Å². The summed E-state index contributed by atoms with van der Waals surface area (Å²) < 4.78 is 10.2. The Morgan fingerprint density at radius 1 is 1.39 bits per heavy atom. The van der Waals surface area contributed by atoms with E-state index < -0.39 is 0 Å². The number of ether oxygens (including phenoxy) is 2. The second kappa shape index (κ2) is 7.80. The van der Waals surface area contributed by atoms with Gasteiger partial charge in [-0.15, -0.1) is 0 Å². The number of nitrogens with zero attached hydrogens (tertiary/aromatic N) is 3. The fourth-order valence-electron chi connectivity index (χ4n) is 1.37. The van der Waals surface area contributed by atoms with Gasteiger partial charge in [-0.3, -0.25) is 0 Å². The minimum Gasteiger partial charge on any atom is -0.394 e. The second-order valence-corrected chi connectivity index (χ2v) is 3.76. The van der Waals surface area contributed by atoms with Gasteiger partial charge < -0.3 is 25.2 Å². The molecule has 0 aliphatic carbocycles. The van der Waals surface area contributed by atoms with Crippen molar-refractivity contribution in [1.29, 1.82) is 0 Å². The molecule has 7 nitrogen and oxygen atoms in total. The molecule has 0 aromatic carbocycles. The minimum absolute atomic E-state index is 0.0299. The maximum Gasteiger partial charge on any atom is 0.158 e. The van der Waals surface area contributed by atoms with E-state index in [2.05, 4.69) is 9.97 Å². The lowest BCUT2D eigenvalue weighted by atomic mass is 10.4. The van der Waals surface area contributed by atoms with Crippen LogP contribution in [0.3, 0.4) is 0 Å². The number of hydrogen-bond donors (Lipinski definition) is 2. The molecule has 18 heavy (non-hydrogen) atoms. The third-order valence-corrected chi connectivity index (χ3v) is 2.25. The highest BCUT2D eigenvalue weighted by molar-refractivity contribution is 5.46. The smallest absolute Gasteiger partial charge is 0.158 e. The number of rotatable bonds is 8. The average Bonchev–Trinajstić information content (AvgIpc) is 2.34. The van der Waals surface area contributed by atoms with E-state index in [1.165, 1.54) is 0 Å². The monoisotopic (exact) mass is 256 g/mol. The van der Waals surface area contributed by atoms with Crippen molar-refractivity contribution in [3.63, 3.8) is 0 Å². The topological polar surface area (TPSA) is 93.7 Å². The van der Waals surface area contributed by atoms with Gasteiger partial charge in [-0.2, -0.15) is 0 Å². The van der Waals surface area contributed by atoms with Gasteiger partial charge in [0.1, 0.15) is 18.2 Å². The zero-order valence-corrected chi connectivity index (χ0v) is 10.8. The summed E-state index contributed by atoms with van der Waals surface area (Å²) in [6, 6.07) is 1.70. The first-order chi connectivity index (χ1) is 8.67. The minimum atomic E-state index is 0.0299. The van der Waals surface area contributed by atoms with Gasteiger partial charge in [0.25, 0.3) is 0 Å². The van der Waals surface area contributed by atoms with E-state index in [9.17, 15) is 0 Å². The maximum atomic E-state index is 8.59. The first kappa shape index (κ1) is 14.6. The highest BCUT2D eigenvalue weighted by atomic mass is 16.5. The second-order valence-electron chi connectivity index (χ2n) is 3.76. The lowest BCUT2D eigenvalue weighted by Gasteiger charge is -2.18. The largest absolute Gasteiger partial charge is 0.394 e. The van der Waals surface area contributed by atoms with Gasteiger partial charge in [0.2, 0.25) is 0 Å². The third kappa shape index (κ3) is 4.82. The molecule has 7 heteroatoms. The number of nitrogen functional groups attached to an aromatic ring is 1. The number of likely N-dealkylation sites (N-methyl/N-ethyl adjacent to an activating group) is 1. The molecule has 1 aromatic heterocycles. The number of anilines is 2. The molecule has 1 aromatic rings. The molecule has 1 rings (SSSR count). The molecule has 0 fully saturated rings. The zero-order chi connectivity index (χ0) is 13.4. The van der Waals surface area contributed by atoms with Crippen LogP contribution in [0.1, 0.15) is 5.82 Å². The average molecular weight is 256 g/mol. The van der Waals surface area contributed by atoms with Crippen molar-refractivity contribution >= 4 is 11.6 Å². The summed E-state index contributed by atoms with van der Waals surface area (Å²) in [6.07, 6.45) is 0. The summed E-state index contributed by atoms with van der Waals surface area (Å²) in [5.74, 6) is 1.69. The van der Waals surface area contributed by atoms with Gasteiger partial charge in [0.05, 0.1) is 19.8 Å². The molecule has 0 amide bonds. The summed E-state index contributed by atoms with van der Waals surface area (Å²) in [7, 11) is 3.47. The van der Waals surface area contributed by atoms with Gasteiger partial charge in [-0.1, -0.05) is 0 Å². The first-order valence-corrected chi connectivity index (χ1v) is 5.69. The Morgan fingerprint density at radius 2 is 2.17 bits per heavy atom. The first-order valence-electron chi connectivity index (χ1n) is 5.69. The van der Waals surface area contributed by atoms with Crippen LogP contribution in [-0.2, 0) is 16.1 Å². The van der Waals surface area contributed by atoms with Gasteiger partial charge in [0.15, 0.2) is 5.82 Å². The summed E-state index contributed by atoms with van der Waals surface area (Å²) in [4.78, 5) is 10.3. The summed E-state index contributed by atoms with van der Waals surface area (Å²) in [5.41, 5.74) is 5.71. The lowest BCUT2D eigenvalue weighted by molar-refractivity contribution is 0.0970. The molecule has 0 saturated heterocycles. The number of aliphatic hydroxyl groups excluding tert-OH is 1. The lowest BCUT2D eigenvalue weighted by Crippen LogP contribution is -2.24. The Bertz CT molecular complexity index is 362. The van der Waals surface area contributed by atoms with Gasteiger partial charge in [-0.05, 0) is 0 Å². The number of nitrogens with two attached hydrogens (primary N) is 1. The van der Waals surface area contributed by atoms with E-state index in [1.807, 2.05) is 11.9 Å². The quantitative estimate of drug-likeness (QED) is 0.614. The molecule has 0 aliphatic heterocycles. The number of aliphatic hydroxyl groups is 1.